The number of tetrazole rings is 1. The SMILES string of the molecule is Cn1nc(N2Cc3cc(-c4ccc(N5CCCC5=O)cc4F)sc3C2)[n+](C)n1. The van der Waals surface area contributed by atoms with Gasteiger partial charge in [0, 0.05) is 39.2 Å². The largest absolute Gasteiger partial charge is 0.400 e. The molecule has 1 aromatic carbocycles. The smallest absolute Gasteiger partial charge is 0.312 e. The zero-order valence-corrected chi connectivity index (χ0v) is 16.5. The van der Waals surface area contributed by atoms with Gasteiger partial charge in [-0.05, 0) is 36.2 Å². The van der Waals surface area contributed by atoms with Crippen LogP contribution in [0.15, 0.2) is 24.3 Å². The van der Waals surface area contributed by atoms with Crippen LogP contribution >= 0.6 is 11.3 Å². The first-order valence-corrected chi connectivity index (χ1v) is 10.1. The van der Waals surface area contributed by atoms with Gasteiger partial charge in [-0.25, -0.2) is 4.39 Å². The molecule has 144 valence electrons. The van der Waals surface area contributed by atoms with Gasteiger partial charge in [-0.2, -0.15) is 0 Å². The summed E-state index contributed by atoms with van der Waals surface area (Å²) in [4.78, 5) is 19.4. The van der Waals surface area contributed by atoms with Crippen molar-refractivity contribution in [3.8, 4) is 10.4 Å². The molecule has 2 aliphatic rings. The number of thiophene rings is 1. The van der Waals surface area contributed by atoms with Crippen molar-refractivity contribution in [1.82, 2.24) is 15.1 Å². The average molecular weight is 399 g/mol. The number of carbonyl (C=O) groups excluding carboxylic acids is 1. The minimum Gasteiger partial charge on any atom is -0.312 e. The number of aromatic nitrogens is 4. The van der Waals surface area contributed by atoms with E-state index in [-0.39, 0.29) is 11.7 Å². The van der Waals surface area contributed by atoms with Crippen LogP contribution in [0.1, 0.15) is 23.3 Å². The van der Waals surface area contributed by atoms with Gasteiger partial charge in [0.05, 0.1) is 25.2 Å². The molecule has 5 rings (SSSR count). The van der Waals surface area contributed by atoms with Gasteiger partial charge in [0.1, 0.15) is 12.9 Å². The van der Waals surface area contributed by atoms with Crippen LogP contribution < -0.4 is 14.5 Å². The van der Waals surface area contributed by atoms with E-state index in [0.29, 0.717) is 24.2 Å². The number of benzene rings is 1. The maximum atomic E-state index is 14.8. The Balaban J connectivity index is 1.39. The highest BCUT2D eigenvalue weighted by molar-refractivity contribution is 7.15. The predicted octanol–water partition coefficient (Wildman–Crippen LogP) is 2.15. The zero-order chi connectivity index (χ0) is 19.4. The third-order valence-electron chi connectivity index (χ3n) is 5.27. The lowest BCUT2D eigenvalue weighted by atomic mass is 10.1. The predicted molar refractivity (Wildman–Crippen MR) is 103 cm³/mol. The van der Waals surface area contributed by atoms with Crippen molar-refractivity contribution in [3.63, 3.8) is 0 Å². The summed E-state index contributed by atoms with van der Waals surface area (Å²) < 4.78 is 16.6. The normalized spacial score (nSPS) is 16.3. The number of amides is 1. The monoisotopic (exact) mass is 399 g/mol. The first-order chi connectivity index (χ1) is 13.5. The third-order valence-corrected chi connectivity index (χ3v) is 6.46. The number of hydrogen-bond acceptors (Lipinski definition) is 5. The van der Waals surface area contributed by atoms with Crippen LogP contribution in [0.3, 0.4) is 0 Å². The second kappa shape index (κ2) is 6.37. The molecule has 0 bridgehead atoms. The topological polar surface area (TPSA) is 58.1 Å². The molecular weight excluding hydrogens is 379 g/mol. The first-order valence-electron chi connectivity index (χ1n) is 9.24. The second-order valence-electron chi connectivity index (χ2n) is 7.23. The molecule has 2 aromatic heterocycles. The van der Waals surface area contributed by atoms with E-state index in [1.807, 2.05) is 13.1 Å². The fourth-order valence-electron chi connectivity index (χ4n) is 3.95. The Labute approximate surface area is 165 Å². The number of nitrogens with zero attached hydrogens (tertiary/aromatic N) is 6. The molecule has 1 saturated heterocycles. The molecule has 0 radical (unpaired) electrons. The Morgan fingerprint density at radius 1 is 1.25 bits per heavy atom. The van der Waals surface area contributed by atoms with E-state index in [9.17, 15) is 9.18 Å². The Kier molecular flexibility index (Phi) is 3.94. The molecular formula is C19H20FN6OS+. The van der Waals surface area contributed by atoms with Gasteiger partial charge < -0.3 is 4.90 Å². The van der Waals surface area contributed by atoms with E-state index in [4.69, 9.17) is 0 Å². The number of hydrogen-bond donors (Lipinski definition) is 0. The average Bonchev–Trinajstić information content (AvgIpc) is 3.38. The van der Waals surface area contributed by atoms with Crippen LogP contribution in [0.4, 0.5) is 16.0 Å². The molecule has 4 heterocycles. The van der Waals surface area contributed by atoms with Crippen molar-refractivity contribution in [3.05, 3.63) is 40.5 Å². The van der Waals surface area contributed by atoms with Crippen LogP contribution in [0.5, 0.6) is 0 Å². The summed E-state index contributed by atoms with van der Waals surface area (Å²) in [6.07, 6.45) is 1.38. The maximum absolute atomic E-state index is 14.8. The van der Waals surface area contributed by atoms with Crippen molar-refractivity contribution in [2.45, 2.75) is 25.9 Å². The number of rotatable bonds is 3. The van der Waals surface area contributed by atoms with E-state index in [1.165, 1.54) is 16.5 Å². The summed E-state index contributed by atoms with van der Waals surface area (Å²) in [6.45, 7) is 2.15. The highest BCUT2D eigenvalue weighted by Crippen LogP contribution is 2.39. The lowest BCUT2D eigenvalue weighted by molar-refractivity contribution is -0.721. The van der Waals surface area contributed by atoms with Gasteiger partial charge in [0.15, 0.2) is 0 Å². The molecule has 0 saturated carbocycles. The molecule has 7 nitrogen and oxygen atoms in total. The molecule has 2 aliphatic heterocycles. The van der Waals surface area contributed by atoms with E-state index < -0.39 is 0 Å². The van der Waals surface area contributed by atoms with E-state index >= 15 is 0 Å². The quantitative estimate of drug-likeness (QED) is 0.634. The Bertz CT molecular complexity index is 1070. The molecule has 1 fully saturated rings. The van der Waals surface area contributed by atoms with Crippen molar-refractivity contribution in [2.24, 2.45) is 14.1 Å². The summed E-state index contributed by atoms with van der Waals surface area (Å²) >= 11 is 1.61. The lowest BCUT2D eigenvalue weighted by Crippen LogP contribution is -2.38. The van der Waals surface area contributed by atoms with Gasteiger partial charge in [0.25, 0.3) is 0 Å². The van der Waals surface area contributed by atoms with Gasteiger partial charge in [-0.1, -0.05) is 4.80 Å². The minimum absolute atomic E-state index is 0.0690. The molecule has 9 heteroatoms. The summed E-state index contributed by atoms with van der Waals surface area (Å²) in [5, 5.41) is 8.64. The van der Waals surface area contributed by atoms with E-state index in [1.54, 1.807) is 38.8 Å². The number of aryl methyl sites for hydroxylation is 2. The number of halogens is 1. The van der Waals surface area contributed by atoms with Gasteiger partial charge in [0.2, 0.25) is 5.91 Å². The Morgan fingerprint density at radius 3 is 2.75 bits per heavy atom. The Morgan fingerprint density at radius 2 is 2.11 bits per heavy atom. The second-order valence-corrected chi connectivity index (χ2v) is 8.37. The van der Waals surface area contributed by atoms with Crippen LogP contribution in [-0.2, 0) is 32.0 Å². The molecule has 0 unspecified atom stereocenters. The van der Waals surface area contributed by atoms with Crippen molar-refractivity contribution in [1.29, 1.82) is 0 Å². The summed E-state index contributed by atoms with van der Waals surface area (Å²) in [7, 11) is 3.68. The van der Waals surface area contributed by atoms with Crippen LogP contribution in [0, 0.1) is 5.82 Å². The van der Waals surface area contributed by atoms with Gasteiger partial charge in [-0.15, -0.1) is 16.0 Å². The summed E-state index contributed by atoms with van der Waals surface area (Å²) in [5.41, 5.74) is 2.43. The molecule has 0 spiro atoms. The van der Waals surface area contributed by atoms with Crippen molar-refractivity contribution >= 4 is 28.9 Å². The number of anilines is 2. The molecule has 28 heavy (non-hydrogen) atoms. The van der Waals surface area contributed by atoms with Gasteiger partial charge in [-0.3, -0.25) is 9.69 Å². The van der Waals surface area contributed by atoms with Gasteiger partial charge >= 0.3 is 5.95 Å². The van der Waals surface area contributed by atoms with Crippen LogP contribution in [-0.4, -0.2) is 27.6 Å². The number of fused-ring (bicyclic) bond motifs is 1. The highest BCUT2D eigenvalue weighted by Gasteiger charge is 2.31. The van der Waals surface area contributed by atoms with Crippen molar-refractivity contribution in [2.75, 3.05) is 16.3 Å². The molecule has 3 aromatic rings. The van der Waals surface area contributed by atoms with E-state index in [0.717, 1.165) is 30.3 Å². The molecule has 0 aliphatic carbocycles. The maximum Gasteiger partial charge on any atom is 0.400 e. The van der Waals surface area contributed by atoms with E-state index in [2.05, 4.69) is 21.3 Å². The lowest BCUT2D eigenvalue weighted by Gasteiger charge is -2.16. The fourth-order valence-corrected chi connectivity index (χ4v) is 5.17. The van der Waals surface area contributed by atoms with Crippen LogP contribution in [0.25, 0.3) is 10.4 Å². The molecule has 0 atom stereocenters. The summed E-state index contributed by atoms with van der Waals surface area (Å²) in [6, 6.07) is 7.18. The minimum atomic E-state index is -0.283. The standard InChI is InChI=1S/C19H20FN6OS/c1-23-19(21-24(2)22-23)25-10-12-8-16(28-17(12)11-25)14-6-5-13(9-15(14)20)26-7-3-4-18(26)27/h5-6,8-9H,3-4,7,10-11H2,1-2H3/q+1. The van der Waals surface area contributed by atoms with Crippen LogP contribution in [0.2, 0.25) is 0 Å². The fraction of sp³-hybridized carbons (Fsp3) is 0.368. The third kappa shape index (κ3) is 2.77. The molecule has 1 amide bonds. The highest BCUT2D eigenvalue weighted by atomic mass is 32.1. The summed E-state index contributed by atoms with van der Waals surface area (Å²) in [5.74, 6) is 0.604. The van der Waals surface area contributed by atoms with Crippen molar-refractivity contribution < 1.29 is 13.9 Å². The Hall–Kier alpha value is -2.81. The zero-order valence-electron chi connectivity index (χ0n) is 15.7. The number of carbonyl (C=O) groups is 1. The molecule has 0 N–H and O–H groups in total. The first kappa shape index (κ1) is 17.3.